The molecule has 0 aromatic heterocycles. The highest BCUT2D eigenvalue weighted by Gasteiger charge is 2.37. The number of carboxylic acids is 1. The van der Waals surface area contributed by atoms with Crippen LogP contribution in [-0.2, 0) is 9.59 Å². The number of hydrogen-bond acceptors (Lipinski definition) is 4. The van der Waals surface area contributed by atoms with Crippen LogP contribution in [0.15, 0.2) is 0 Å². The second-order valence-corrected chi connectivity index (χ2v) is 4.56. The van der Waals surface area contributed by atoms with E-state index in [2.05, 4.69) is 6.72 Å². The molecule has 2 atom stereocenters. The number of nitrogens with zero attached hydrogens (tertiary/aromatic N) is 1. The zero-order valence-corrected chi connectivity index (χ0v) is 10.9. The fourth-order valence-electron chi connectivity index (χ4n) is 2.07. The van der Waals surface area contributed by atoms with Gasteiger partial charge in [0.1, 0.15) is 6.04 Å². The van der Waals surface area contributed by atoms with Gasteiger partial charge < -0.3 is 20.5 Å². The van der Waals surface area contributed by atoms with E-state index in [1.165, 1.54) is 4.90 Å². The summed E-state index contributed by atoms with van der Waals surface area (Å²) in [5.41, 5.74) is 0. The molecule has 18 heavy (non-hydrogen) atoms. The first kappa shape index (κ1) is 16.6. The van der Waals surface area contributed by atoms with E-state index in [1.54, 1.807) is 0 Å². The molecule has 1 saturated heterocycles. The zero-order valence-electron chi connectivity index (χ0n) is 10.9. The summed E-state index contributed by atoms with van der Waals surface area (Å²) in [7, 11) is 0. The first-order valence-electron chi connectivity index (χ1n) is 5.98. The third kappa shape index (κ3) is 3.80. The topological polar surface area (TPSA) is 102 Å². The smallest absolute Gasteiger partial charge is 0.326 e. The molecular weight excluding hydrogens is 236 g/mol. The lowest BCUT2D eigenvalue weighted by atomic mass is 9.95. The quantitative estimate of drug-likeness (QED) is 0.642. The molecule has 6 nitrogen and oxygen atoms in total. The SMILES string of the molecule is C=N.CC(C)C(CO)C(=O)N1CCC[C@H]1C(=O)O. The Bertz CT molecular complexity index is 294. The number of carbonyl (C=O) groups is 2. The van der Waals surface area contributed by atoms with Crippen LogP contribution in [0, 0.1) is 17.2 Å². The number of hydrogen-bond donors (Lipinski definition) is 3. The van der Waals surface area contributed by atoms with Crippen LogP contribution < -0.4 is 0 Å². The standard InChI is InChI=1S/C11H19NO4.CH3N/c1-7(2)8(6-13)10(14)12-5-3-4-9(12)11(15)16;1-2/h7-9,13H,3-6H2,1-2H3,(H,15,16);2H,1H2/t8?,9-;/m0./s1. The Labute approximate surface area is 107 Å². The minimum atomic E-state index is -0.953. The Morgan fingerprint density at radius 3 is 2.39 bits per heavy atom. The monoisotopic (exact) mass is 258 g/mol. The van der Waals surface area contributed by atoms with Gasteiger partial charge in [0, 0.05) is 6.54 Å². The third-order valence-electron chi connectivity index (χ3n) is 3.14. The van der Waals surface area contributed by atoms with Gasteiger partial charge in [-0.25, -0.2) is 4.79 Å². The number of carbonyl (C=O) groups excluding carboxylic acids is 1. The Kier molecular flexibility index (Phi) is 7.19. The van der Waals surface area contributed by atoms with E-state index in [1.807, 2.05) is 13.8 Å². The van der Waals surface area contributed by atoms with Crippen LogP contribution in [0.3, 0.4) is 0 Å². The molecule has 0 radical (unpaired) electrons. The average molecular weight is 258 g/mol. The van der Waals surface area contributed by atoms with Crippen LogP contribution in [0.1, 0.15) is 26.7 Å². The molecule has 1 unspecified atom stereocenters. The van der Waals surface area contributed by atoms with Crippen molar-refractivity contribution in [1.29, 1.82) is 5.41 Å². The van der Waals surface area contributed by atoms with Gasteiger partial charge in [0.25, 0.3) is 0 Å². The number of aliphatic hydroxyl groups excluding tert-OH is 1. The zero-order chi connectivity index (χ0) is 14.3. The van der Waals surface area contributed by atoms with Crippen molar-refractivity contribution in [1.82, 2.24) is 4.90 Å². The van der Waals surface area contributed by atoms with E-state index in [0.717, 1.165) is 6.42 Å². The maximum Gasteiger partial charge on any atom is 0.326 e. The highest BCUT2D eigenvalue weighted by Crippen LogP contribution is 2.22. The second-order valence-electron chi connectivity index (χ2n) is 4.56. The number of amides is 1. The van der Waals surface area contributed by atoms with Crippen molar-refractivity contribution < 1.29 is 19.8 Å². The number of carboxylic acid groups (broad SMARTS) is 1. The Hall–Kier alpha value is -1.43. The highest BCUT2D eigenvalue weighted by atomic mass is 16.4. The van der Waals surface area contributed by atoms with Gasteiger partial charge in [-0.2, -0.15) is 0 Å². The predicted octanol–water partition coefficient (Wildman–Crippen LogP) is 0.592. The van der Waals surface area contributed by atoms with Crippen LogP contribution in [0.5, 0.6) is 0 Å². The maximum atomic E-state index is 12.0. The molecule has 0 bridgehead atoms. The number of aliphatic hydroxyl groups is 1. The van der Waals surface area contributed by atoms with Crippen molar-refractivity contribution in [2.75, 3.05) is 13.2 Å². The summed E-state index contributed by atoms with van der Waals surface area (Å²) >= 11 is 0. The fourth-order valence-corrected chi connectivity index (χ4v) is 2.07. The molecule has 1 aliphatic heterocycles. The van der Waals surface area contributed by atoms with Gasteiger partial charge in [-0.15, -0.1) is 0 Å². The van der Waals surface area contributed by atoms with Gasteiger partial charge in [0.15, 0.2) is 0 Å². The molecule has 0 aromatic carbocycles. The molecule has 1 amide bonds. The number of likely N-dealkylation sites (tertiary alicyclic amines) is 1. The molecule has 3 N–H and O–H groups in total. The van der Waals surface area contributed by atoms with Crippen LogP contribution >= 0.6 is 0 Å². The summed E-state index contributed by atoms with van der Waals surface area (Å²) in [6.07, 6.45) is 1.23. The maximum absolute atomic E-state index is 12.0. The average Bonchev–Trinajstić information content (AvgIpc) is 2.80. The molecule has 6 heteroatoms. The van der Waals surface area contributed by atoms with Crippen molar-refractivity contribution in [2.45, 2.75) is 32.7 Å². The largest absolute Gasteiger partial charge is 0.480 e. The van der Waals surface area contributed by atoms with Gasteiger partial charge in [-0.3, -0.25) is 4.79 Å². The van der Waals surface area contributed by atoms with E-state index < -0.39 is 17.9 Å². The summed E-state index contributed by atoms with van der Waals surface area (Å²) in [5, 5.41) is 23.6. The van der Waals surface area contributed by atoms with Crippen molar-refractivity contribution in [2.24, 2.45) is 11.8 Å². The molecule has 1 aliphatic rings. The molecule has 0 saturated carbocycles. The second kappa shape index (κ2) is 7.81. The van der Waals surface area contributed by atoms with Gasteiger partial charge in [-0.05, 0) is 25.5 Å². The van der Waals surface area contributed by atoms with Gasteiger partial charge >= 0.3 is 5.97 Å². The lowest BCUT2D eigenvalue weighted by Crippen LogP contribution is -2.45. The van der Waals surface area contributed by atoms with Crippen molar-refractivity contribution >= 4 is 18.6 Å². The normalized spacial score (nSPS) is 20.2. The van der Waals surface area contributed by atoms with Crippen LogP contribution in [0.25, 0.3) is 0 Å². The Morgan fingerprint density at radius 2 is 2.00 bits per heavy atom. The minimum Gasteiger partial charge on any atom is -0.480 e. The van der Waals surface area contributed by atoms with E-state index in [4.69, 9.17) is 15.6 Å². The first-order chi connectivity index (χ1) is 8.49. The van der Waals surface area contributed by atoms with Crippen molar-refractivity contribution in [3.05, 3.63) is 0 Å². The summed E-state index contributed by atoms with van der Waals surface area (Å²) < 4.78 is 0. The van der Waals surface area contributed by atoms with E-state index in [-0.39, 0.29) is 18.4 Å². The summed E-state index contributed by atoms with van der Waals surface area (Å²) in [6.45, 7) is 6.47. The lowest BCUT2D eigenvalue weighted by molar-refractivity contribution is -0.151. The lowest BCUT2D eigenvalue weighted by Gasteiger charge is -2.27. The van der Waals surface area contributed by atoms with Crippen molar-refractivity contribution in [3.63, 3.8) is 0 Å². The van der Waals surface area contributed by atoms with Crippen LogP contribution in [0.4, 0.5) is 0 Å². The van der Waals surface area contributed by atoms with Gasteiger partial charge in [0.2, 0.25) is 5.91 Å². The predicted molar refractivity (Wildman–Crippen MR) is 67.6 cm³/mol. The first-order valence-corrected chi connectivity index (χ1v) is 5.98. The van der Waals surface area contributed by atoms with Crippen LogP contribution in [-0.4, -0.2) is 52.9 Å². The summed E-state index contributed by atoms with van der Waals surface area (Å²) in [4.78, 5) is 24.4. The van der Waals surface area contributed by atoms with E-state index in [0.29, 0.717) is 13.0 Å². The third-order valence-corrected chi connectivity index (χ3v) is 3.14. The number of rotatable bonds is 4. The van der Waals surface area contributed by atoms with Gasteiger partial charge in [0.05, 0.1) is 12.5 Å². The molecule has 0 aliphatic carbocycles. The fraction of sp³-hybridized carbons (Fsp3) is 0.750. The molecular formula is C12H22N2O4. The molecule has 104 valence electrons. The minimum absolute atomic E-state index is 0.0209. The van der Waals surface area contributed by atoms with E-state index >= 15 is 0 Å². The van der Waals surface area contributed by atoms with E-state index in [9.17, 15) is 9.59 Å². The van der Waals surface area contributed by atoms with Gasteiger partial charge in [-0.1, -0.05) is 13.8 Å². The number of aliphatic carboxylic acids is 1. The molecule has 0 spiro atoms. The summed E-state index contributed by atoms with van der Waals surface area (Å²) in [5.74, 6) is -1.65. The summed E-state index contributed by atoms with van der Waals surface area (Å²) in [6, 6.07) is -0.708. The molecule has 0 aromatic rings. The number of nitrogens with one attached hydrogen (secondary N) is 1. The Morgan fingerprint density at radius 1 is 1.44 bits per heavy atom. The van der Waals surface area contributed by atoms with Crippen molar-refractivity contribution in [3.8, 4) is 0 Å². The molecule has 1 rings (SSSR count). The highest BCUT2D eigenvalue weighted by molar-refractivity contribution is 5.85. The molecule has 1 fully saturated rings. The Balaban J connectivity index is 0.00000137. The molecule has 1 heterocycles. The van der Waals surface area contributed by atoms with Crippen LogP contribution in [0.2, 0.25) is 0 Å².